The molecule has 0 spiro atoms. The molecule has 0 saturated carbocycles. The third kappa shape index (κ3) is 6.83. The largest absolute Gasteiger partial charge is 0.433 e. The fourth-order valence-electron chi connectivity index (χ4n) is 3.68. The first kappa shape index (κ1) is 23.3. The molecule has 1 fully saturated rings. The minimum absolute atomic E-state index is 0.0928. The number of amides is 1. The summed E-state index contributed by atoms with van der Waals surface area (Å²) >= 11 is 0. The Labute approximate surface area is 186 Å². The number of aliphatic imine (C=N–C) groups is 1. The van der Waals surface area contributed by atoms with Crippen molar-refractivity contribution in [2.24, 2.45) is 4.99 Å². The smallest absolute Gasteiger partial charge is 0.387 e. The number of rotatable bonds is 8. The number of anilines is 2. The monoisotopic (exact) mass is 445 g/mol. The molecule has 2 aromatic carbocycles. The number of carbonyl (C=O) groups is 1. The summed E-state index contributed by atoms with van der Waals surface area (Å²) in [6, 6.07) is 14.7. The van der Waals surface area contributed by atoms with Crippen LogP contribution in [0.15, 0.2) is 53.5 Å². The minimum atomic E-state index is -2.85. The zero-order valence-electron chi connectivity index (χ0n) is 18.3. The lowest BCUT2D eigenvalue weighted by Gasteiger charge is -2.22. The molecule has 1 unspecified atom stereocenters. The van der Waals surface area contributed by atoms with Gasteiger partial charge in [0.05, 0.1) is 5.69 Å². The number of nitrogens with one attached hydrogen (secondary N) is 3. The van der Waals surface area contributed by atoms with Gasteiger partial charge in [0, 0.05) is 45.3 Å². The van der Waals surface area contributed by atoms with Crippen molar-refractivity contribution in [2.75, 3.05) is 36.9 Å². The summed E-state index contributed by atoms with van der Waals surface area (Å²) in [6.45, 7) is 0.724. The molecule has 32 heavy (non-hydrogen) atoms. The van der Waals surface area contributed by atoms with Gasteiger partial charge in [-0.25, -0.2) is 0 Å². The Hall–Kier alpha value is -3.36. The molecular weight excluding hydrogens is 416 g/mol. The minimum Gasteiger partial charge on any atom is -0.433 e. The zero-order valence-corrected chi connectivity index (χ0v) is 18.3. The molecule has 2 aromatic rings. The van der Waals surface area contributed by atoms with Crippen LogP contribution in [0.3, 0.4) is 0 Å². The van der Waals surface area contributed by atoms with Crippen LogP contribution in [0.4, 0.5) is 20.2 Å². The first-order chi connectivity index (χ1) is 15.4. The molecule has 0 bridgehead atoms. The average molecular weight is 446 g/mol. The lowest BCUT2D eigenvalue weighted by molar-refractivity contribution is -0.114. The van der Waals surface area contributed by atoms with E-state index in [1.54, 1.807) is 25.2 Å². The van der Waals surface area contributed by atoms with Crippen LogP contribution in [0.25, 0.3) is 0 Å². The predicted molar refractivity (Wildman–Crippen MR) is 123 cm³/mol. The third-order valence-corrected chi connectivity index (χ3v) is 5.16. The summed E-state index contributed by atoms with van der Waals surface area (Å²) in [4.78, 5) is 17.4. The Morgan fingerprint density at radius 3 is 2.66 bits per heavy atom. The maximum Gasteiger partial charge on any atom is 0.387 e. The van der Waals surface area contributed by atoms with Crippen LogP contribution in [0, 0.1) is 0 Å². The molecule has 1 aliphatic rings. The van der Waals surface area contributed by atoms with Crippen molar-refractivity contribution in [3.8, 4) is 5.75 Å². The Kier molecular flexibility index (Phi) is 8.24. The number of carbonyl (C=O) groups excluding carboxylic acids is 1. The molecule has 1 atom stereocenters. The van der Waals surface area contributed by atoms with Gasteiger partial charge in [-0.1, -0.05) is 24.3 Å². The molecule has 3 N–H and O–H groups in total. The molecule has 1 saturated heterocycles. The van der Waals surface area contributed by atoms with Crippen LogP contribution in [-0.2, 0) is 11.2 Å². The number of para-hydroxylation sites is 2. The SMILES string of the molecule is CN=C(NCCc1ccc(NC(C)=O)cc1)NC1CCN(c2ccccc2OC(F)F)C1. The van der Waals surface area contributed by atoms with Crippen molar-refractivity contribution >= 4 is 23.2 Å². The van der Waals surface area contributed by atoms with Gasteiger partial charge >= 0.3 is 6.61 Å². The van der Waals surface area contributed by atoms with E-state index in [1.165, 1.54) is 6.92 Å². The second kappa shape index (κ2) is 11.3. The standard InChI is InChI=1S/C23H29F2N5O2/c1-16(31)28-18-9-7-17(8-10-18)11-13-27-23(26-2)29-19-12-14-30(15-19)20-5-3-4-6-21(20)32-22(24)25/h3-10,19,22H,11-15H2,1-2H3,(H,28,31)(H2,26,27,29). The molecular formula is C23H29F2N5O2. The maximum atomic E-state index is 12.7. The van der Waals surface area contributed by atoms with E-state index in [2.05, 4.69) is 25.7 Å². The van der Waals surface area contributed by atoms with E-state index in [0.717, 1.165) is 30.6 Å². The van der Waals surface area contributed by atoms with E-state index < -0.39 is 6.61 Å². The highest BCUT2D eigenvalue weighted by atomic mass is 19.3. The lowest BCUT2D eigenvalue weighted by atomic mass is 10.1. The Morgan fingerprint density at radius 2 is 1.97 bits per heavy atom. The summed E-state index contributed by atoms with van der Waals surface area (Å²) in [5, 5.41) is 9.47. The number of alkyl halides is 2. The van der Waals surface area contributed by atoms with Crippen molar-refractivity contribution in [3.63, 3.8) is 0 Å². The Balaban J connectivity index is 1.47. The van der Waals surface area contributed by atoms with E-state index in [-0.39, 0.29) is 17.7 Å². The fraction of sp³-hybridized carbons (Fsp3) is 0.391. The number of ether oxygens (including phenoxy) is 1. The van der Waals surface area contributed by atoms with Crippen molar-refractivity contribution in [1.82, 2.24) is 10.6 Å². The van der Waals surface area contributed by atoms with Gasteiger partial charge < -0.3 is 25.6 Å². The van der Waals surface area contributed by atoms with Gasteiger partial charge in [-0.2, -0.15) is 8.78 Å². The van der Waals surface area contributed by atoms with Gasteiger partial charge in [-0.3, -0.25) is 9.79 Å². The second-order valence-electron chi connectivity index (χ2n) is 7.55. The van der Waals surface area contributed by atoms with Gasteiger partial charge in [-0.15, -0.1) is 0 Å². The molecule has 3 rings (SSSR count). The number of nitrogens with zero attached hydrogens (tertiary/aromatic N) is 2. The van der Waals surface area contributed by atoms with Crippen LogP contribution < -0.4 is 25.6 Å². The third-order valence-electron chi connectivity index (χ3n) is 5.16. The van der Waals surface area contributed by atoms with Crippen molar-refractivity contribution in [2.45, 2.75) is 32.4 Å². The number of halogens is 2. The zero-order chi connectivity index (χ0) is 22.9. The molecule has 172 valence electrons. The summed E-state index contributed by atoms with van der Waals surface area (Å²) in [7, 11) is 1.72. The lowest BCUT2D eigenvalue weighted by Crippen LogP contribution is -2.45. The normalized spacial score (nSPS) is 16.2. The van der Waals surface area contributed by atoms with Crippen LogP contribution >= 0.6 is 0 Å². The van der Waals surface area contributed by atoms with Gasteiger partial charge in [0.25, 0.3) is 0 Å². The van der Waals surface area contributed by atoms with E-state index >= 15 is 0 Å². The molecule has 1 heterocycles. The van der Waals surface area contributed by atoms with Crippen LogP contribution in [0.2, 0.25) is 0 Å². The second-order valence-corrected chi connectivity index (χ2v) is 7.55. The summed E-state index contributed by atoms with van der Waals surface area (Å²) in [6.07, 6.45) is 1.66. The molecule has 0 aliphatic carbocycles. The van der Waals surface area contributed by atoms with Crippen LogP contribution in [0.5, 0.6) is 5.75 Å². The Bertz CT molecular complexity index is 921. The van der Waals surface area contributed by atoms with Crippen molar-refractivity contribution < 1.29 is 18.3 Å². The highest BCUT2D eigenvalue weighted by Crippen LogP contribution is 2.31. The van der Waals surface area contributed by atoms with Crippen molar-refractivity contribution in [1.29, 1.82) is 0 Å². The maximum absolute atomic E-state index is 12.7. The average Bonchev–Trinajstić information content (AvgIpc) is 3.22. The van der Waals surface area contributed by atoms with Gasteiger partial charge in [0.1, 0.15) is 5.75 Å². The van der Waals surface area contributed by atoms with Gasteiger partial charge in [-0.05, 0) is 42.7 Å². The molecule has 0 aromatic heterocycles. The molecule has 1 amide bonds. The predicted octanol–water partition coefficient (Wildman–Crippen LogP) is 3.23. The van der Waals surface area contributed by atoms with E-state index in [4.69, 9.17) is 0 Å². The number of hydrogen-bond acceptors (Lipinski definition) is 4. The van der Waals surface area contributed by atoms with Crippen LogP contribution in [-0.4, -0.2) is 51.2 Å². The highest BCUT2D eigenvalue weighted by molar-refractivity contribution is 5.88. The van der Waals surface area contributed by atoms with E-state index in [0.29, 0.717) is 24.7 Å². The molecule has 9 heteroatoms. The Morgan fingerprint density at radius 1 is 1.22 bits per heavy atom. The first-order valence-corrected chi connectivity index (χ1v) is 10.6. The topological polar surface area (TPSA) is 78.0 Å². The van der Waals surface area contributed by atoms with E-state index in [1.807, 2.05) is 35.2 Å². The number of guanidine groups is 1. The summed E-state index contributed by atoms with van der Waals surface area (Å²) in [5.74, 6) is 0.795. The van der Waals surface area contributed by atoms with Gasteiger partial charge in [0.2, 0.25) is 5.91 Å². The molecule has 7 nitrogen and oxygen atoms in total. The van der Waals surface area contributed by atoms with Crippen LogP contribution in [0.1, 0.15) is 18.9 Å². The molecule has 1 aliphatic heterocycles. The van der Waals surface area contributed by atoms with Gasteiger partial charge in [0.15, 0.2) is 5.96 Å². The first-order valence-electron chi connectivity index (χ1n) is 10.6. The quantitative estimate of drug-likeness (QED) is 0.430. The fourth-order valence-corrected chi connectivity index (χ4v) is 3.68. The highest BCUT2D eigenvalue weighted by Gasteiger charge is 2.26. The summed E-state index contributed by atoms with van der Waals surface area (Å²) < 4.78 is 30.1. The van der Waals surface area contributed by atoms with Crippen molar-refractivity contribution in [3.05, 3.63) is 54.1 Å². The molecule has 0 radical (unpaired) electrons. The number of hydrogen-bond donors (Lipinski definition) is 3. The summed E-state index contributed by atoms with van der Waals surface area (Å²) in [5.41, 5.74) is 2.59. The number of benzene rings is 2. The van der Waals surface area contributed by atoms with E-state index in [9.17, 15) is 13.6 Å².